The van der Waals surface area contributed by atoms with Crippen LogP contribution in [0.1, 0.15) is 11.4 Å². The van der Waals surface area contributed by atoms with Crippen molar-refractivity contribution in [2.24, 2.45) is 0 Å². The van der Waals surface area contributed by atoms with E-state index in [2.05, 4.69) is 20.6 Å². The van der Waals surface area contributed by atoms with Crippen LogP contribution in [0.5, 0.6) is 17.2 Å². The molecule has 1 N–H and O–H groups in total. The summed E-state index contributed by atoms with van der Waals surface area (Å²) in [4.78, 5) is 0. The van der Waals surface area contributed by atoms with E-state index in [1.165, 1.54) is 0 Å². The lowest BCUT2D eigenvalue weighted by Crippen LogP contribution is -1.98. The van der Waals surface area contributed by atoms with E-state index in [-0.39, 0.29) is 0 Å². The number of methoxy groups -OCH3 is 3. The lowest BCUT2D eigenvalue weighted by atomic mass is 10.1. The Hall–Kier alpha value is -2.31. The van der Waals surface area contributed by atoms with Crippen LogP contribution in [0.15, 0.2) is 12.1 Å². The molecule has 1 aromatic heterocycles. The molecule has 0 unspecified atom stereocenters. The van der Waals surface area contributed by atoms with Crippen LogP contribution in [0.25, 0.3) is 0 Å². The Morgan fingerprint density at radius 1 is 1.06 bits per heavy atom. The Morgan fingerprint density at radius 2 is 1.72 bits per heavy atom. The van der Waals surface area contributed by atoms with Gasteiger partial charge in [0.15, 0.2) is 17.3 Å². The highest BCUT2D eigenvalue weighted by Gasteiger charge is 2.14. The highest BCUT2D eigenvalue weighted by molar-refractivity contribution is 5.54. The van der Waals surface area contributed by atoms with Crippen molar-refractivity contribution >= 4 is 0 Å². The van der Waals surface area contributed by atoms with E-state index in [0.29, 0.717) is 29.5 Å². The number of hydrogen-bond acceptors (Lipinski definition) is 6. The van der Waals surface area contributed by atoms with Crippen LogP contribution in [0.4, 0.5) is 0 Å². The van der Waals surface area contributed by atoms with Gasteiger partial charge in [0, 0.05) is 6.42 Å². The summed E-state index contributed by atoms with van der Waals surface area (Å²) in [5.74, 6) is 2.38. The minimum Gasteiger partial charge on any atom is -0.493 e. The van der Waals surface area contributed by atoms with Gasteiger partial charge < -0.3 is 14.2 Å². The third-order valence-corrected chi connectivity index (χ3v) is 2.48. The van der Waals surface area contributed by atoms with Crippen molar-refractivity contribution in [3.8, 4) is 17.2 Å². The number of nitrogens with one attached hydrogen (secondary N) is 1. The molecule has 18 heavy (non-hydrogen) atoms. The van der Waals surface area contributed by atoms with Gasteiger partial charge in [-0.05, 0) is 17.7 Å². The van der Waals surface area contributed by atoms with Crippen molar-refractivity contribution in [3.63, 3.8) is 0 Å². The number of benzene rings is 1. The fourth-order valence-electron chi connectivity index (χ4n) is 1.68. The van der Waals surface area contributed by atoms with Crippen LogP contribution in [-0.4, -0.2) is 42.0 Å². The Morgan fingerprint density at radius 3 is 2.17 bits per heavy atom. The molecule has 2 aromatic rings. The summed E-state index contributed by atoms with van der Waals surface area (Å²) in [5.41, 5.74) is 0.950. The summed E-state index contributed by atoms with van der Waals surface area (Å²) in [5, 5.41) is 13.7. The van der Waals surface area contributed by atoms with Crippen molar-refractivity contribution in [3.05, 3.63) is 23.5 Å². The molecule has 1 aromatic carbocycles. The number of hydrogen-bond donors (Lipinski definition) is 1. The van der Waals surface area contributed by atoms with Gasteiger partial charge in [-0.2, -0.15) is 5.21 Å². The van der Waals surface area contributed by atoms with Crippen molar-refractivity contribution < 1.29 is 14.2 Å². The molecule has 1 heterocycles. The van der Waals surface area contributed by atoms with E-state index in [9.17, 15) is 0 Å². The molecule has 0 saturated carbocycles. The summed E-state index contributed by atoms with van der Waals surface area (Å²) >= 11 is 0. The van der Waals surface area contributed by atoms with Crippen LogP contribution >= 0.6 is 0 Å². The molecule has 0 bridgehead atoms. The Bertz CT molecular complexity index is 488. The Labute approximate surface area is 104 Å². The van der Waals surface area contributed by atoms with Crippen molar-refractivity contribution in [1.29, 1.82) is 0 Å². The molecule has 0 aliphatic carbocycles. The zero-order valence-electron chi connectivity index (χ0n) is 10.4. The molecule has 0 radical (unpaired) electrons. The highest BCUT2D eigenvalue weighted by Crippen LogP contribution is 2.38. The van der Waals surface area contributed by atoms with E-state index in [4.69, 9.17) is 14.2 Å². The van der Waals surface area contributed by atoms with Crippen molar-refractivity contribution in [2.75, 3.05) is 21.3 Å². The van der Waals surface area contributed by atoms with Crippen LogP contribution in [0.2, 0.25) is 0 Å². The number of tetrazole rings is 1. The second kappa shape index (κ2) is 5.35. The van der Waals surface area contributed by atoms with E-state index >= 15 is 0 Å². The third-order valence-electron chi connectivity index (χ3n) is 2.48. The zero-order chi connectivity index (χ0) is 13.0. The Kier molecular flexibility index (Phi) is 3.61. The maximum atomic E-state index is 5.27. The van der Waals surface area contributed by atoms with Crippen LogP contribution in [-0.2, 0) is 6.42 Å². The Balaban J connectivity index is 2.37. The first-order valence-corrected chi connectivity index (χ1v) is 5.29. The van der Waals surface area contributed by atoms with Gasteiger partial charge in [0.05, 0.1) is 21.3 Å². The number of ether oxygens (including phenoxy) is 3. The molecule has 2 rings (SSSR count). The molecular weight excluding hydrogens is 236 g/mol. The molecule has 0 saturated heterocycles. The topological polar surface area (TPSA) is 82.2 Å². The van der Waals surface area contributed by atoms with Gasteiger partial charge in [0.1, 0.15) is 0 Å². The molecule has 0 aliphatic heterocycles. The molecule has 0 spiro atoms. The number of nitrogens with zero attached hydrogens (tertiary/aromatic N) is 3. The summed E-state index contributed by atoms with van der Waals surface area (Å²) in [7, 11) is 4.73. The van der Waals surface area contributed by atoms with Gasteiger partial charge in [0.2, 0.25) is 5.75 Å². The number of aromatic amines is 1. The molecule has 0 atom stereocenters. The fourth-order valence-corrected chi connectivity index (χ4v) is 1.68. The maximum Gasteiger partial charge on any atom is 0.203 e. The quantitative estimate of drug-likeness (QED) is 0.845. The van der Waals surface area contributed by atoms with E-state index < -0.39 is 0 Å². The maximum absolute atomic E-state index is 5.27. The number of rotatable bonds is 5. The minimum atomic E-state index is 0.535. The molecule has 96 valence electrons. The molecular formula is C11H14N4O3. The first-order chi connectivity index (χ1) is 8.78. The molecule has 7 nitrogen and oxygen atoms in total. The predicted octanol–water partition coefficient (Wildman–Crippen LogP) is 0.816. The second-order valence-corrected chi connectivity index (χ2v) is 3.54. The minimum absolute atomic E-state index is 0.535. The zero-order valence-corrected chi connectivity index (χ0v) is 10.4. The normalized spacial score (nSPS) is 10.2. The van der Waals surface area contributed by atoms with Gasteiger partial charge in [-0.25, -0.2) is 0 Å². The van der Waals surface area contributed by atoms with E-state index in [0.717, 1.165) is 5.56 Å². The van der Waals surface area contributed by atoms with Gasteiger partial charge in [0.25, 0.3) is 0 Å². The lowest BCUT2D eigenvalue weighted by Gasteiger charge is -2.13. The monoisotopic (exact) mass is 250 g/mol. The standard InChI is InChI=1S/C11H14N4O3/c1-16-8-4-7(6-10-12-14-15-13-10)5-9(17-2)11(8)18-3/h4-5H,6H2,1-3H3,(H,12,13,14,15). The van der Waals surface area contributed by atoms with E-state index in [1.807, 2.05) is 12.1 Å². The lowest BCUT2D eigenvalue weighted by molar-refractivity contribution is 0.324. The SMILES string of the molecule is COc1cc(Cc2nn[nH]n2)cc(OC)c1OC. The van der Waals surface area contributed by atoms with Crippen LogP contribution in [0, 0.1) is 0 Å². The van der Waals surface area contributed by atoms with E-state index in [1.54, 1.807) is 21.3 Å². The average molecular weight is 250 g/mol. The largest absolute Gasteiger partial charge is 0.493 e. The van der Waals surface area contributed by atoms with Gasteiger partial charge in [-0.1, -0.05) is 5.21 Å². The fraction of sp³-hybridized carbons (Fsp3) is 0.364. The number of aromatic nitrogens is 4. The summed E-state index contributed by atoms with van der Waals surface area (Å²) in [6, 6.07) is 3.72. The molecule has 0 fully saturated rings. The summed E-state index contributed by atoms with van der Waals surface area (Å²) in [6.45, 7) is 0. The predicted molar refractivity (Wildman–Crippen MR) is 63.1 cm³/mol. The van der Waals surface area contributed by atoms with Gasteiger partial charge in [-0.3, -0.25) is 0 Å². The second-order valence-electron chi connectivity index (χ2n) is 3.54. The molecule has 7 heteroatoms. The molecule has 0 aliphatic rings. The summed E-state index contributed by atoms with van der Waals surface area (Å²) in [6.07, 6.45) is 0.535. The third kappa shape index (κ3) is 2.34. The average Bonchev–Trinajstić information content (AvgIpc) is 2.90. The highest BCUT2D eigenvalue weighted by atomic mass is 16.5. The number of H-pyrrole nitrogens is 1. The van der Waals surface area contributed by atoms with Gasteiger partial charge in [-0.15, -0.1) is 10.2 Å². The van der Waals surface area contributed by atoms with Crippen molar-refractivity contribution in [1.82, 2.24) is 20.6 Å². The van der Waals surface area contributed by atoms with Crippen LogP contribution < -0.4 is 14.2 Å². The van der Waals surface area contributed by atoms with Gasteiger partial charge >= 0.3 is 0 Å². The smallest absolute Gasteiger partial charge is 0.203 e. The summed E-state index contributed by atoms with van der Waals surface area (Å²) < 4.78 is 15.8. The van der Waals surface area contributed by atoms with Crippen LogP contribution in [0.3, 0.4) is 0 Å². The first-order valence-electron chi connectivity index (χ1n) is 5.29. The molecule has 0 amide bonds. The van der Waals surface area contributed by atoms with Crippen molar-refractivity contribution in [2.45, 2.75) is 6.42 Å². The first kappa shape index (κ1) is 12.2.